The van der Waals surface area contributed by atoms with Gasteiger partial charge in [0.05, 0.1) is 29.6 Å². The molecule has 0 saturated carbocycles. The van der Waals surface area contributed by atoms with Crippen LogP contribution in [0.4, 0.5) is 4.39 Å². The van der Waals surface area contributed by atoms with Gasteiger partial charge in [-0.05, 0) is 25.8 Å². The van der Waals surface area contributed by atoms with Crippen molar-refractivity contribution in [1.82, 2.24) is 34.0 Å². The summed E-state index contributed by atoms with van der Waals surface area (Å²) in [5.41, 5.74) is 4.19. The van der Waals surface area contributed by atoms with Crippen molar-refractivity contribution >= 4 is 16.8 Å². The van der Waals surface area contributed by atoms with E-state index in [-0.39, 0.29) is 23.7 Å². The fourth-order valence-electron chi connectivity index (χ4n) is 5.48. The van der Waals surface area contributed by atoms with Crippen LogP contribution in [-0.4, -0.2) is 60.2 Å². The first-order valence-corrected chi connectivity index (χ1v) is 11.9. The number of carbonyl (C=O) groups is 1. The van der Waals surface area contributed by atoms with Gasteiger partial charge in [-0.15, -0.1) is 0 Å². The van der Waals surface area contributed by atoms with Crippen molar-refractivity contribution in [2.24, 2.45) is 14.1 Å². The molecule has 2 aliphatic heterocycles. The predicted molar refractivity (Wildman–Crippen MR) is 128 cm³/mol. The van der Waals surface area contributed by atoms with Crippen LogP contribution < -0.4 is 0 Å². The van der Waals surface area contributed by atoms with Gasteiger partial charge >= 0.3 is 0 Å². The molecule has 9 nitrogen and oxygen atoms in total. The molecule has 0 aliphatic carbocycles. The van der Waals surface area contributed by atoms with Crippen LogP contribution in [0.5, 0.6) is 0 Å². The molecule has 1 aromatic carbocycles. The van der Waals surface area contributed by atoms with Gasteiger partial charge in [-0.3, -0.25) is 14.2 Å². The van der Waals surface area contributed by atoms with Gasteiger partial charge in [0.1, 0.15) is 23.4 Å². The standard InChI is InChI=1S/C25H28FN7O2/c1-14-25(34)30(2)13-21-23(28-24(33(14)21)15-5-7-35-8-6-15)17-9-18-20(10-19(17)26)32(4)29-22(18)16-11-27-31(3)12-16/h9-12,14-15H,5-8,13H2,1-4H3. The van der Waals surface area contributed by atoms with Crippen LogP contribution in [0, 0.1) is 5.82 Å². The number of ether oxygens (including phenoxy) is 1. The highest BCUT2D eigenvalue weighted by Crippen LogP contribution is 2.40. The molecule has 182 valence electrons. The Labute approximate surface area is 202 Å². The third-order valence-electron chi connectivity index (χ3n) is 7.30. The average Bonchev–Trinajstić information content (AvgIpc) is 3.53. The second-order valence-corrected chi connectivity index (χ2v) is 9.62. The maximum absolute atomic E-state index is 15.7. The largest absolute Gasteiger partial charge is 0.381 e. The fraction of sp³-hybridized carbons (Fsp3) is 0.440. The minimum atomic E-state index is -0.390. The average molecular weight is 478 g/mol. The highest BCUT2D eigenvalue weighted by atomic mass is 19.1. The second kappa shape index (κ2) is 8.01. The van der Waals surface area contributed by atoms with Crippen LogP contribution in [0.2, 0.25) is 0 Å². The fourth-order valence-corrected chi connectivity index (χ4v) is 5.48. The van der Waals surface area contributed by atoms with Crippen molar-refractivity contribution in [2.45, 2.75) is 38.3 Å². The smallest absolute Gasteiger partial charge is 0.245 e. The first-order valence-electron chi connectivity index (χ1n) is 11.9. The number of halogens is 1. The van der Waals surface area contributed by atoms with Crippen molar-refractivity contribution in [3.05, 3.63) is 41.9 Å². The lowest BCUT2D eigenvalue weighted by atomic mass is 9.98. The molecule has 3 aromatic heterocycles. The monoisotopic (exact) mass is 477 g/mol. The van der Waals surface area contributed by atoms with Crippen LogP contribution in [-0.2, 0) is 30.2 Å². The summed E-state index contributed by atoms with van der Waals surface area (Å²) >= 11 is 0. The van der Waals surface area contributed by atoms with Crippen molar-refractivity contribution in [1.29, 1.82) is 0 Å². The van der Waals surface area contributed by atoms with Gasteiger partial charge in [0.2, 0.25) is 5.91 Å². The molecule has 5 heterocycles. The van der Waals surface area contributed by atoms with E-state index in [2.05, 4.69) is 10.2 Å². The zero-order valence-electron chi connectivity index (χ0n) is 20.3. The molecule has 0 bridgehead atoms. The van der Waals surface area contributed by atoms with E-state index in [1.165, 1.54) is 6.07 Å². The number of aryl methyl sites for hydroxylation is 2. The normalized spacial score (nSPS) is 19.1. The third-order valence-corrected chi connectivity index (χ3v) is 7.30. The number of nitrogens with zero attached hydrogens (tertiary/aromatic N) is 7. The third kappa shape index (κ3) is 3.38. The van der Waals surface area contributed by atoms with Crippen molar-refractivity contribution in [3.8, 4) is 22.5 Å². The van der Waals surface area contributed by atoms with Crippen LogP contribution in [0.15, 0.2) is 24.5 Å². The van der Waals surface area contributed by atoms with Gasteiger partial charge in [0.25, 0.3) is 0 Å². The lowest BCUT2D eigenvalue weighted by Crippen LogP contribution is -2.40. The van der Waals surface area contributed by atoms with Gasteiger partial charge in [-0.25, -0.2) is 9.37 Å². The molecule has 10 heteroatoms. The molecular formula is C25H28FN7O2. The number of fused-ring (bicyclic) bond motifs is 2. The Kier molecular flexibility index (Phi) is 5.03. The molecule has 1 unspecified atom stereocenters. The van der Waals surface area contributed by atoms with E-state index in [1.807, 2.05) is 37.8 Å². The summed E-state index contributed by atoms with van der Waals surface area (Å²) in [5.74, 6) is 0.707. The van der Waals surface area contributed by atoms with E-state index < -0.39 is 0 Å². The maximum atomic E-state index is 15.7. The quantitative estimate of drug-likeness (QED) is 0.452. The summed E-state index contributed by atoms with van der Waals surface area (Å²) in [6.45, 7) is 3.61. The molecule has 2 aliphatic rings. The Hall–Kier alpha value is -3.53. The summed E-state index contributed by atoms with van der Waals surface area (Å²) in [6.07, 6.45) is 5.33. The number of benzene rings is 1. The summed E-state index contributed by atoms with van der Waals surface area (Å²) in [7, 11) is 5.45. The van der Waals surface area contributed by atoms with Crippen LogP contribution in [0.25, 0.3) is 33.4 Å². The number of imidazole rings is 1. The first kappa shape index (κ1) is 22.0. The summed E-state index contributed by atoms with van der Waals surface area (Å²) in [4.78, 5) is 19.6. The number of hydrogen-bond acceptors (Lipinski definition) is 5. The zero-order valence-corrected chi connectivity index (χ0v) is 20.3. The van der Waals surface area contributed by atoms with E-state index >= 15 is 4.39 Å². The predicted octanol–water partition coefficient (Wildman–Crippen LogP) is 3.40. The summed E-state index contributed by atoms with van der Waals surface area (Å²) in [6, 6.07) is 2.98. The maximum Gasteiger partial charge on any atom is 0.245 e. The van der Waals surface area contributed by atoms with E-state index in [0.29, 0.717) is 36.5 Å². The number of carbonyl (C=O) groups excluding carboxylic acids is 1. The summed E-state index contributed by atoms with van der Waals surface area (Å²) in [5, 5.41) is 9.76. The number of aromatic nitrogens is 6. The minimum Gasteiger partial charge on any atom is -0.381 e. The van der Waals surface area contributed by atoms with E-state index in [0.717, 1.165) is 41.0 Å². The molecule has 1 saturated heterocycles. The number of likely N-dealkylation sites (N-methyl/N-ethyl adjacent to an activating group) is 1. The van der Waals surface area contributed by atoms with Gasteiger partial charge < -0.3 is 14.2 Å². The molecule has 1 atom stereocenters. The Bertz CT molecular complexity index is 1460. The lowest BCUT2D eigenvalue weighted by molar-refractivity contribution is -0.135. The Balaban J connectivity index is 1.57. The lowest BCUT2D eigenvalue weighted by Gasteiger charge is -2.32. The topological polar surface area (TPSA) is 83.0 Å². The van der Waals surface area contributed by atoms with Gasteiger partial charge in [-0.1, -0.05) is 0 Å². The Morgan fingerprint density at radius 2 is 1.89 bits per heavy atom. The van der Waals surface area contributed by atoms with Crippen LogP contribution in [0.3, 0.4) is 0 Å². The molecule has 0 N–H and O–H groups in total. The zero-order chi connectivity index (χ0) is 24.4. The van der Waals surface area contributed by atoms with Gasteiger partial charge in [0.15, 0.2) is 0 Å². The number of rotatable bonds is 3. The molecule has 1 amide bonds. The SMILES string of the molecule is CC1C(=O)N(C)Cc2c(-c3cc4c(-c5cnn(C)c5)nn(C)c4cc3F)nc(C3CCOCC3)n21. The molecular weight excluding hydrogens is 449 g/mol. The second-order valence-electron chi connectivity index (χ2n) is 9.62. The molecule has 6 rings (SSSR count). The summed E-state index contributed by atoms with van der Waals surface area (Å²) < 4.78 is 26.7. The van der Waals surface area contributed by atoms with Crippen molar-refractivity contribution in [2.75, 3.05) is 20.3 Å². The Morgan fingerprint density at radius 3 is 2.60 bits per heavy atom. The van der Waals surface area contributed by atoms with Crippen LogP contribution >= 0.6 is 0 Å². The van der Waals surface area contributed by atoms with Gasteiger partial charge in [-0.2, -0.15) is 10.2 Å². The molecule has 35 heavy (non-hydrogen) atoms. The highest BCUT2D eigenvalue weighted by Gasteiger charge is 2.36. The van der Waals surface area contributed by atoms with E-state index in [9.17, 15) is 4.79 Å². The van der Waals surface area contributed by atoms with Crippen LogP contribution in [0.1, 0.15) is 43.2 Å². The first-order chi connectivity index (χ1) is 16.8. The van der Waals surface area contributed by atoms with E-state index in [1.54, 1.807) is 27.5 Å². The van der Waals surface area contributed by atoms with Crippen molar-refractivity contribution in [3.63, 3.8) is 0 Å². The molecule has 4 aromatic rings. The van der Waals surface area contributed by atoms with Gasteiger partial charge in [0, 0.05) is 69.1 Å². The van der Waals surface area contributed by atoms with E-state index in [4.69, 9.17) is 9.72 Å². The molecule has 1 fully saturated rings. The molecule has 0 radical (unpaired) electrons. The van der Waals surface area contributed by atoms with Crippen molar-refractivity contribution < 1.29 is 13.9 Å². The Morgan fingerprint density at radius 1 is 1.11 bits per heavy atom. The molecule has 0 spiro atoms. The highest BCUT2D eigenvalue weighted by molar-refractivity contribution is 5.96. The minimum absolute atomic E-state index is 0.0387. The number of amides is 1. The number of hydrogen-bond donors (Lipinski definition) is 0.